The van der Waals surface area contributed by atoms with E-state index < -0.39 is 55.4 Å². The Kier molecular flexibility index (Phi) is 42.5. The molecule has 8 aromatic carbocycles. The van der Waals surface area contributed by atoms with Crippen LogP contribution >= 0.6 is 31.7 Å². The standard InChI is InChI=1S/2C25H22P2.C4H12SSi.CHF3O3S.4CO.Mn.Rh/c2*1-5-13-22(14-6-1)26(23-15-7-2-8-16-23)21-27(24-17-9-3-10-18-24)25-19-11-4-12-20-25;1-6(2,3)4-5;2-1(3,4)8(5,6)7;4*1-2;;/h2*1-20H,21H2;5H,4H2,1-3H3;(H,5,6,7);;;;;;. The fraction of sp³-hybridized carbons (Fsp3) is 0.119. The molecule has 0 heterocycles. The van der Waals surface area contributed by atoms with Crippen LogP contribution in [0.4, 0.5) is 13.2 Å². The molecule has 8 rings (SSSR count). The zero-order valence-corrected chi connectivity index (χ0v) is 51.8. The molecule has 0 unspecified atom stereocenters. The summed E-state index contributed by atoms with van der Waals surface area (Å²) >= 11 is 3.47. The summed E-state index contributed by atoms with van der Waals surface area (Å²) in [5, 5.41) is 12.9. The van der Waals surface area contributed by atoms with E-state index in [-0.39, 0.29) is 36.5 Å². The monoisotopic (exact) mass is 1310 g/mol. The second kappa shape index (κ2) is 43.6. The van der Waals surface area contributed by atoms with Crippen LogP contribution in [0, 0.1) is 26.6 Å². The first-order chi connectivity index (χ1) is 36.6. The van der Waals surface area contributed by atoms with Crippen LogP contribution in [0.2, 0.25) is 19.6 Å². The van der Waals surface area contributed by atoms with Gasteiger partial charge in [-0.2, -0.15) is 13.2 Å². The predicted octanol–water partition coefficient (Wildman–Crippen LogP) is 11.2. The van der Waals surface area contributed by atoms with Gasteiger partial charge in [0, 0.05) is 48.4 Å². The molecule has 0 saturated carbocycles. The fourth-order valence-corrected chi connectivity index (χ4v) is 19.3. The maximum absolute atomic E-state index is 10.7. The molecule has 19 heteroatoms. The Morgan fingerprint density at radius 1 is 0.397 bits per heavy atom. The van der Waals surface area contributed by atoms with E-state index >= 15 is 0 Å². The van der Waals surface area contributed by atoms with E-state index in [2.05, 4.69) is 302 Å². The van der Waals surface area contributed by atoms with Crippen LogP contribution in [-0.4, -0.2) is 43.7 Å². The number of rotatable bonds is 13. The van der Waals surface area contributed by atoms with Crippen molar-refractivity contribution >= 4 is 105 Å². The molecule has 8 aromatic rings. The van der Waals surface area contributed by atoms with E-state index in [1.165, 1.54) is 59.6 Å². The van der Waals surface area contributed by atoms with Gasteiger partial charge in [0.15, 0.2) is 10.1 Å². The second-order valence-electron chi connectivity index (χ2n) is 16.3. The van der Waals surface area contributed by atoms with Crippen molar-refractivity contribution in [3.8, 4) is 0 Å². The summed E-state index contributed by atoms with van der Waals surface area (Å²) in [4.78, 5) is 0. The van der Waals surface area contributed by atoms with E-state index in [1.54, 1.807) is 0 Å². The summed E-state index contributed by atoms with van der Waals surface area (Å²) < 4.78 is 88.9. The molecular formula is C59H57F3MnO7P4RhS2Si. The number of benzene rings is 8. The third-order valence-corrected chi connectivity index (χ3v) is 26.6. The van der Waals surface area contributed by atoms with Gasteiger partial charge in [-0.3, -0.25) is 0 Å². The van der Waals surface area contributed by atoms with E-state index in [0.717, 1.165) is 0 Å². The van der Waals surface area contributed by atoms with Crippen LogP contribution in [0.1, 0.15) is 0 Å². The SMILES string of the molecule is C[Si](C)(C)C[SH2+].O=S(=O)([O-])C(F)(F)F.[C-]#[O+].[C-]#[O+].[C-]#[O+].[C-]#[O+].[Mn].[Rh].c1ccc(P(CP(c2ccccc2)c2ccccc2)c2ccccc2)cc1.c1ccc(P(CP(c2ccccc2)c2ccccc2)c2ccccc2)cc1. The van der Waals surface area contributed by atoms with Gasteiger partial charge in [0.1, 0.15) is 8.07 Å². The molecule has 0 aliphatic rings. The molecule has 0 saturated heterocycles. The summed E-state index contributed by atoms with van der Waals surface area (Å²) in [5.41, 5.74) is -5.65. The van der Waals surface area contributed by atoms with Crippen molar-refractivity contribution in [3.05, 3.63) is 269 Å². The number of hydrogen-bond acceptors (Lipinski definition) is 3. The van der Waals surface area contributed by atoms with Crippen LogP contribution in [0.15, 0.2) is 243 Å². The number of hydrogen-bond donors (Lipinski definition) is 0. The number of alkyl halides is 3. The van der Waals surface area contributed by atoms with Crippen molar-refractivity contribution in [3.63, 3.8) is 0 Å². The first-order valence-corrected chi connectivity index (χ1v) is 34.6. The molecule has 0 bridgehead atoms. The summed E-state index contributed by atoms with van der Waals surface area (Å²) in [6, 6.07) is 88.3. The van der Waals surface area contributed by atoms with Crippen LogP contribution in [-0.2, 0) is 77.9 Å². The van der Waals surface area contributed by atoms with E-state index in [9.17, 15) is 13.2 Å². The largest absolute Gasteiger partial charge is 0.0622 e. The Bertz CT molecular complexity index is 2440. The molecule has 0 atom stereocenters. The minimum Gasteiger partial charge on any atom is -0.0622 e. The molecule has 0 spiro atoms. The van der Waals surface area contributed by atoms with Crippen LogP contribution in [0.3, 0.4) is 0 Å². The van der Waals surface area contributed by atoms with E-state index in [0.29, 0.717) is 0 Å². The molecule has 0 amide bonds. The third kappa shape index (κ3) is 28.8. The van der Waals surface area contributed by atoms with E-state index in [4.69, 9.17) is 31.6 Å². The third-order valence-electron chi connectivity index (χ3n) is 9.92. The topological polar surface area (TPSA) is 137 Å². The van der Waals surface area contributed by atoms with Gasteiger partial charge < -0.3 is 4.55 Å². The Balaban J connectivity index is 0. The van der Waals surface area contributed by atoms with Crippen molar-refractivity contribution in [1.29, 1.82) is 0 Å². The van der Waals surface area contributed by atoms with Crippen LogP contribution in [0.5, 0.6) is 0 Å². The van der Waals surface area contributed by atoms with Crippen molar-refractivity contribution in [1.82, 2.24) is 0 Å². The molecule has 7 nitrogen and oxygen atoms in total. The molecule has 0 fully saturated rings. The average molecular weight is 1310 g/mol. The molecule has 0 aliphatic carbocycles. The van der Waals surface area contributed by atoms with Crippen LogP contribution < -0.4 is 42.4 Å². The maximum atomic E-state index is 10.7. The molecular weight excluding hydrogens is 1250 g/mol. The van der Waals surface area contributed by atoms with Gasteiger partial charge in [-0.1, -0.05) is 262 Å². The van der Waals surface area contributed by atoms with Gasteiger partial charge >= 0.3 is 50.7 Å². The zero-order chi connectivity index (χ0) is 56.8. The van der Waals surface area contributed by atoms with Gasteiger partial charge in [-0.25, -0.2) is 8.42 Å². The second-order valence-corrected chi connectivity index (χ2v) is 34.0. The zero-order valence-electron chi connectivity index (χ0n) is 42.6. The Morgan fingerprint density at radius 3 is 0.577 bits per heavy atom. The van der Waals surface area contributed by atoms with Crippen LogP contribution in [0.25, 0.3) is 0 Å². The first kappa shape index (κ1) is 75.9. The minimum atomic E-state index is -6.09. The van der Waals surface area contributed by atoms with Crippen molar-refractivity contribution in [2.45, 2.75) is 25.1 Å². The van der Waals surface area contributed by atoms with E-state index in [1.807, 2.05) is 0 Å². The Hall–Kier alpha value is -4.15. The molecule has 0 aliphatic heterocycles. The molecule has 2 radical (unpaired) electrons. The quantitative estimate of drug-likeness (QED) is 0.0284. The molecule has 78 heavy (non-hydrogen) atoms. The molecule has 0 aromatic heterocycles. The molecule has 408 valence electrons. The minimum absolute atomic E-state index is 0. The Labute approximate surface area is 494 Å². The summed E-state index contributed by atoms with van der Waals surface area (Å²) in [6.07, 6.45) is 0. The van der Waals surface area contributed by atoms with Crippen molar-refractivity contribution in [2.24, 2.45) is 0 Å². The van der Waals surface area contributed by atoms with Crippen molar-refractivity contribution < 1.29 is 81.3 Å². The predicted molar refractivity (Wildman–Crippen MR) is 316 cm³/mol. The fourth-order valence-electron chi connectivity index (χ4n) is 6.40. The average Bonchev–Trinajstić information content (AvgIpc) is 3.48. The normalized spacial score (nSPS) is 10.1. The van der Waals surface area contributed by atoms with Gasteiger partial charge in [-0.05, 0) is 86.8 Å². The number of halogens is 3. The van der Waals surface area contributed by atoms with Gasteiger partial charge in [0.05, 0.1) is 5.38 Å². The maximum Gasteiger partial charge on any atom is 0.00405 e. The molecule has 0 N–H and O–H groups in total. The summed E-state index contributed by atoms with van der Waals surface area (Å²) in [5.74, 6) is 2.35. The van der Waals surface area contributed by atoms with Gasteiger partial charge in [0.2, 0.25) is 0 Å². The summed E-state index contributed by atoms with van der Waals surface area (Å²) in [6.45, 7) is 25.0. The first-order valence-electron chi connectivity index (χ1n) is 22.6. The van der Waals surface area contributed by atoms with Crippen molar-refractivity contribution in [2.75, 3.05) is 17.2 Å². The van der Waals surface area contributed by atoms with Gasteiger partial charge in [-0.15, -0.1) is 0 Å². The Morgan fingerprint density at radius 2 is 0.500 bits per heavy atom. The summed E-state index contributed by atoms with van der Waals surface area (Å²) in [7, 11) is -8.44. The van der Waals surface area contributed by atoms with Gasteiger partial charge in [0.25, 0.3) is 0 Å². The smallest absolute Gasteiger partial charge is 0.00405 e.